The largest absolute Gasteiger partial charge is 0.298 e. The summed E-state index contributed by atoms with van der Waals surface area (Å²) in [5.41, 5.74) is 1.18. The molecule has 1 nitrogen and oxygen atoms in total. The maximum atomic E-state index is 12.2. The van der Waals surface area contributed by atoms with Crippen molar-refractivity contribution in [2.24, 2.45) is 0 Å². The molecule has 2 rings (SSSR count). The molecule has 1 aliphatic rings. The SMILES string of the molecule is CCC1SCCSC1C(=O)Cc1ccsc1. The van der Waals surface area contributed by atoms with Crippen molar-refractivity contribution in [1.29, 1.82) is 0 Å². The highest BCUT2D eigenvalue weighted by molar-refractivity contribution is 8.07. The van der Waals surface area contributed by atoms with E-state index in [4.69, 9.17) is 0 Å². The van der Waals surface area contributed by atoms with E-state index in [2.05, 4.69) is 18.4 Å². The van der Waals surface area contributed by atoms with E-state index in [1.807, 2.05) is 28.9 Å². The molecule has 0 radical (unpaired) electrons. The number of hydrogen-bond acceptors (Lipinski definition) is 4. The summed E-state index contributed by atoms with van der Waals surface area (Å²) >= 11 is 5.50. The molecule has 2 unspecified atom stereocenters. The Hall–Kier alpha value is 0.0700. The maximum absolute atomic E-state index is 12.2. The average Bonchev–Trinajstić information content (AvgIpc) is 2.81. The van der Waals surface area contributed by atoms with Crippen LogP contribution in [0.1, 0.15) is 18.9 Å². The number of thiophene rings is 1. The van der Waals surface area contributed by atoms with Crippen molar-refractivity contribution < 1.29 is 4.79 Å². The highest BCUT2D eigenvalue weighted by Crippen LogP contribution is 2.34. The predicted molar refractivity (Wildman–Crippen MR) is 75.8 cm³/mol. The Labute approximate surface area is 109 Å². The molecule has 1 aliphatic heterocycles. The summed E-state index contributed by atoms with van der Waals surface area (Å²) in [4.78, 5) is 12.2. The Kier molecular flexibility index (Phi) is 4.79. The van der Waals surface area contributed by atoms with Crippen LogP contribution < -0.4 is 0 Å². The second-order valence-electron chi connectivity index (χ2n) is 3.88. The topological polar surface area (TPSA) is 17.1 Å². The van der Waals surface area contributed by atoms with E-state index in [1.54, 1.807) is 11.3 Å². The quantitative estimate of drug-likeness (QED) is 0.835. The van der Waals surface area contributed by atoms with Gasteiger partial charge in [0, 0.05) is 23.2 Å². The molecule has 0 amide bonds. The normalized spacial score (nSPS) is 25.6. The smallest absolute Gasteiger partial charge is 0.151 e. The summed E-state index contributed by atoms with van der Waals surface area (Å²) in [5, 5.41) is 4.89. The average molecular weight is 272 g/mol. The summed E-state index contributed by atoms with van der Waals surface area (Å²) in [6, 6.07) is 2.06. The summed E-state index contributed by atoms with van der Waals surface area (Å²) in [7, 11) is 0. The number of carbonyl (C=O) groups is 1. The number of Topliss-reactive ketones (excluding diaryl/α,β-unsaturated/α-hetero) is 1. The van der Waals surface area contributed by atoms with Gasteiger partial charge in [-0.25, -0.2) is 0 Å². The van der Waals surface area contributed by atoms with E-state index < -0.39 is 0 Å². The van der Waals surface area contributed by atoms with Gasteiger partial charge in [-0.05, 0) is 28.8 Å². The number of ketones is 1. The van der Waals surface area contributed by atoms with Crippen molar-refractivity contribution in [1.82, 2.24) is 0 Å². The highest BCUT2D eigenvalue weighted by atomic mass is 32.2. The summed E-state index contributed by atoms with van der Waals surface area (Å²) in [6.07, 6.45) is 1.73. The molecule has 1 aromatic heterocycles. The lowest BCUT2D eigenvalue weighted by molar-refractivity contribution is -0.117. The first kappa shape index (κ1) is 12.5. The second kappa shape index (κ2) is 6.12. The molecule has 0 spiro atoms. The van der Waals surface area contributed by atoms with Gasteiger partial charge in [-0.2, -0.15) is 23.1 Å². The second-order valence-corrected chi connectivity index (χ2v) is 7.26. The zero-order valence-electron chi connectivity index (χ0n) is 9.35. The molecule has 0 aromatic carbocycles. The van der Waals surface area contributed by atoms with E-state index in [-0.39, 0.29) is 5.25 Å². The van der Waals surface area contributed by atoms with Gasteiger partial charge in [0.15, 0.2) is 5.78 Å². The van der Waals surface area contributed by atoms with Crippen LogP contribution in [0.15, 0.2) is 16.8 Å². The van der Waals surface area contributed by atoms with Crippen LogP contribution in [0.25, 0.3) is 0 Å². The lowest BCUT2D eigenvalue weighted by Gasteiger charge is -2.28. The molecule has 4 heteroatoms. The molecular weight excluding hydrogens is 256 g/mol. The van der Waals surface area contributed by atoms with Crippen LogP contribution in [-0.2, 0) is 11.2 Å². The Balaban J connectivity index is 1.97. The fourth-order valence-corrected chi connectivity index (χ4v) is 5.60. The van der Waals surface area contributed by atoms with Gasteiger partial charge in [0.05, 0.1) is 5.25 Å². The standard InChI is InChI=1S/C12H16OS3/c1-2-11-12(16-6-5-15-11)10(13)7-9-3-4-14-8-9/h3-4,8,11-12H,2,5-7H2,1H3. The molecule has 2 atom stereocenters. The fraction of sp³-hybridized carbons (Fsp3) is 0.583. The van der Waals surface area contributed by atoms with Gasteiger partial charge < -0.3 is 0 Å². The zero-order valence-corrected chi connectivity index (χ0v) is 11.8. The maximum Gasteiger partial charge on any atom is 0.151 e. The molecular formula is C12H16OS3. The first-order chi connectivity index (χ1) is 7.81. The van der Waals surface area contributed by atoms with E-state index in [0.717, 1.165) is 12.2 Å². The summed E-state index contributed by atoms with van der Waals surface area (Å²) in [5.74, 6) is 2.74. The Morgan fingerprint density at radius 1 is 1.44 bits per heavy atom. The van der Waals surface area contributed by atoms with Crippen molar-refractivity contribution in [2.45, 2.75) is 30.3 Å². The molecule has 0 saturated carbocycles. The van der Waals surface area contributed by atoms with Gasteiger partial charge in [-0.1, -0.05) is 6.92 Å². The molecule has 16 heavy (non-hydrogen) atoms. The number of carbonyl (C=O) groups excluding carboxylic acids is 1. The van der Waals surface area contributed by atoms with Crippen molar-refractivity contribution in [3.8, 4) is 0 Å². The van der Waals surface area contributed by atoms with E-state index in [0.29, 0.717) is 17.5 Å². The Morgan fingerprint density at radius 2 is 2.25 bits per heavy atom. The minimum absolute atomic E-state index is 0.226. The van der Waals surface area contributed by atoms with Gasteiger partial charge in [0.1, 0.15) is 0 Å². The van der Waals surface area contributed by atoms with Crippen molar-refractivity contribution in [2.75, 3.05) is 11.5 Å². The highest BCUT2D eigenvalue weighted by Gasteiger charge is 2.30. The van der Waals surface area contributed by atoms with Crippen LogP contribution >= 0.6 is 34.9 Å². The molecule has 0 bridgehead atoms. The van der Waals surface area contributed by atoms with Crippen LogP contribution in [0.2, 0.25) is 0 Å². The molecule has 1 fully saturated rings. The van der Waals surface area contributed by atoms with Crippen molar-refractivity contribution >= 4 is 40.6 Å². The zero-order chi connectivity index (χ0) is 11.4. The van der Waals surface area contributed by atoms with Crippen LogP contribution in [0, 0.1) is 0 Å². The predicted octanol–water partition coefficient (Wildman–Crippen LogP) is 3.49. The van der Waals surface area contributed by atoms with E-state index in [1.165, 1.54) is 11.3 Å². The third-order valence-corrected chi connectivity index (χ3v) is 6.76. The van der Waals surface area contributed by atoms with Crippen molar-refractivity contribution in [3.05, 3.63) is 22.4 Å². The van der Waals surface area contributed by atoms with Gasteiger partial charge in [-0.3, -0.25) is 4.79 Å². The third kappa shape index (κ3) is 3.05. The summed E-state index contributed by atoms with van der Waals surface area (Å²) in [6.45, 7) is 2.19. The minimum Gasteiger partial charge on any atom is -0.298 e. The van der Waals surface area contributed by atoms with Gasteiger partial charge in [0.2, 0.25) is 0 Å². The molecule has 2 heterocycles. The van der Waals surface area contributed by atoms with Gasteiger partial charge in [0.25, 0.3) is 0 Å². The van der Waals surface area contributed by atoms with Crippen LogP contribution in [0.3, 0.4) is 0 Å². The molecule has 88 valence electrons. The fourth-order valence-electron chi connectivity index (χ4n) is 1.90. The van der Waals surface area contributed by atoms with Crippen LogP contribution in [-0.4, -0.2) is 27.8 Å². The first-order valence-electron chi connectivity index (χ1n) is 5.58. The molecule has 0 N–H and O–H groups in total. The van der Waals surface area contributed by atoms with Crippen molar-refractivity contribution in [3.63, 3.8) is 0 Å². The van der Waals surface area contributed by atoms with Crippen LogP contribution in [0.5, 0.6) is 0 Å². The Morgan fingerprint density at radius 3 is 2.94 bits per heavy atom. The van der Waals surface area contributed by atoms with E-state index in [9.17, 15) is 4.79 Å². The third-order valence-electron chi connectivity index (χ3n) is 2.73. The van der Waals surface area contributed by atoms with Crippen LogP contribution in [0.4, 0.5) is 0 Å². The molecule has 1 saturated heterocycles. The number of hydrogen-bond donors (Lipinski definition) is 0. The lowest BCUT2D eigenvalue weighted by Crippen LogP contribution is -2.33. The monoisotopic (exact) mass is 272 g/mol. The van der Waals surface area contributed by atoms with Gasteiger partial charge in [-0.15, -0.1) is 11.8 Å². The molecule has 1 aromatic rings. The first-order valence-corrected chi connectivity index (χ1v) is 8.62. The molecule has 0 aliphatic carbocycles. The minimum atomic E-state index is 0.226. The van der Waals surface area contributed by atoms with Gasteiger partial charge >= 0.3 is 0 Å². The number of thioether (sulfide) groups is 2. The van der Waals surface area contributed by atoms with E-state index >= 15 is 0 Å². The lowest BCUT2D eigenvalue weighted by atomic mass is 10.1. The number of rotatable bonds is 4. The Bertz CT molecular complexity index is 334. The summed E-state index contributed by atoms with van der Waals surface area (Å²) < 4.78 is 0.